The first-order valence-corrected chi connectivity index (χ1v) is 6.49. The van der Waals surface area contributed by atoms with Gasteiger partial charge in [0, 0.05) is 12.1 Å². The highest BCUT2D eigenvalue weighted by Gasteiger charge is 2.11. The minimum absolute atomic E-state index is 0.00174. The van der Waals surface area contributed by atoms with Crippen LogP contribution in [-0.4, -0.2) is 19.0 Å². The fraction of sp³-hybridized carbons (Fsp3) is 0.533. The second-order valence-corrected chi connectivity index (χ2v) is 5.81. The largest absolute Gasteiger partial charge is 0.352 e. The monoisotopic (exact) mass is 248 g/mol. The fourth-order valence-corrected chi connectivity index (χ4v) is 1.69. The number of hydrogen-bond donors (Lipinski definition) is 2. The normalized spacial score (nSPS) is 11.3. The summed E-state index contributed by atoms with van der Waals surface area (Å²) in [4.78, 5) is 11.9. The van der Waals surface area contributed by atoms with Gasteiger partial charge in [-0.1, -0.05) is 32.9 Å². The lowest BCUT2D eigenvalue weighted by Crippen LogP contribution is -2.27. The molecule has 0 aliphatic heterocycles. The first-order chi connectivity index (χ1) is 8.42. The van der Waals surface area contributed by atoms with Crippen LogP contribution in [-0.2, 0) is 6.42 Å². The third kappa shape index (κ3) is 5.32. The second-order valence-electron chi connectivity index (χ2n) is 5.81. The van der Waals surface area contributed by atoms with Crippen molar-refractivity contribution in [2.45, 2.75) is 33.6 Å². The summed E-state index contributed by atoms with van der Waals surface area (Å²) >= 11 is 0. The van der Waals surface area contributed by atoms with Crippen molar-refractivity contribution in [2.24, 2.45) is 11.1 Å². The van der Waals surface area contributed by atoms with Gasteiger partial charge in [-0.3, -0.25) is 4.79 Å². The van der Waals surface area contributed by atoms with Crippen molar-refractivity contribution in [3.8, 4) is 0 Å². The molecule has 3 heteroatoms. The summed E-state index contributed by atoms with van der Waals surface area (Å²) in [6.45, 7) is 7.82. The maximum absolute atomic E-state index is 11.9. The molecule has 3 N–H and O–H groups in total. The van der Waals surface area contributed by atoms with Crippen molar-refractivity contribution in [3.63, 3.8) is 0 Å². The van der Waals surface area contributed by atoms with Gasteiger partial charge in [0.25, 0.3) is 5.91 Å². The molecule has 1 aromatic carbocycles. The molecule has 0 spiro atoms. The molecule has 1 rings (SSSR count). The maximum atomic E-state index is 11.9. The molecular weight excluding hydrogens is 224 g/mol. The van der Waals surface area contributed by atoms with E-state index in [9.17, 15) is 4.79 Å². The number of amides is 1. The van der Waals surface area contributed by atoms with Crippen molar-refractivity contribution in [3.05, 3.63) is 35.4 Å². The average molecular weight is 248 g/mol. The van der Waals surface area contributed by atoms with Gasteiger partial charge in [-0.2, -0.15) is 0 Å². The van der Waals surface area contributed by atoms with Gasteiger partial charge in [0.15, 0.2) is 0 Å². The lowest BCUT2D eigenvalue weighted by atomic mass is 9.92. The molecular formula is C15H24N2O. The topological polar surface area (TPSA) is 55.1 Å². The van der Waals surface area contributed by atoms with Gasteiger partial charge in [-0.05, 0) is 42.5 Å². The third-order valence-corrected chi connectivity index (χ3v) is 2.78. The van der Waals surface area contributed by atoms with Gasteiger partial charge in [0.2, 0.25) is 0 Å². The fourth-order valence-electron chi connectivity index (χ4n) is 1.69. The highest BCUT2D eigenvalue weighted by Crippen LogP contribution is 2.17. The van der Waals surface area contributed by atoms with Crippen LogP contribution in [0, 0.1) is 5.41 Å². The van der Waals surface area contributed by atoms with E-state index in [1.165, 1.54) is 0 Å². The molecule has 0 radical (unpaired) electrons. The van der Waals surface area contributed by atoms with E-state index in [1.54, 1.807) is 0 Å². The van der Waals surface area contributed by atoms with Crippen LogP contribution in [0.15, 0.2) is 24.3 Å². The Morgan fingerprint density at radius 2 is 2.06 bits per heavy atom. The van der Waals surface area contributed by atoms with Crippen LogP contribution in [0.25, 0.3) is 0 Å². The summed E-state index contributed by atoms with van der Waals surface area (Å²) in [6, 6.07) is 7.66. The van der Waals surface area contributed by atoms with Gasteiger partial charge in [-0.15, -0.1) is 0 Å². The number of benzene rings is 1. The lowest BCUT2D eigenvalue weighted by molar-refractivity contribution is 0.0949. The van der Waals surface area contributed by atoms with Crippen molar-refractivity contribution in [2.75, 3.05) is 13.1 Å². The van der Waals surface area contributed by atoms with E-state index in [-0.39, 0.29) is 11.3 Å². The highest BCUT2D eigenvalue weighted by molar-refractivity contribution is 5.94. The van der Waals surface area contributed by atoms with Crippen molar-refractivity contribution in [1.29, 1.82) is 0 Å². The molecule has 0 bridgehead atoms. The van der Waals surface area contributed by atoms with Crippen LogP contribution < -0.4 is 11.1 Å². The molecule has 0 fully saturated rings. The average Bonchev–Trinajstić information content (AvgIpc) is 2.28. The van der Waals surface area contributed by atoms with Crippen LogP contribution in [0.1, 0.15) is 43.1 Å². The highest BCUT2D eigenvalue weighted by atomic mass is 16.1. The molecule has 0 aliphatic carbocycles. The molecule has 0 saturated carbocycles. The van der Waals surface area contributed by atoms with Crippen LogP contribution in [0.3, 0.4) is 0 Å². The zero-order valence-electron chi connectivity index (χ0n) is 11.6. The molecule has 3 nitrogen and oxygen atoms in total. The van der Waals surface area contributed by atoms with Crippen LogP contribution >= 0.6 is 0 Å². The Morgan fingerprint density at radius 1 is 1.33 bits per heavy atom. The maximum Gasteiger partial charge on any atom is 0.251 e. The Hall–Kier alpha value is -1.35. The number of carbonyl (C=O) groups is 1. The molecule has 0 saturated heterocycles. The van der Waals surface area contributed by atoms with Gasteiger partial charge < -0.3 is 11.1 Å². The first-order valence-electron chi connectivity index (χ1n) is 6.49. The zero-order valence-corrected chi connectivity index (χ0v) is 11.6. The summed E-state index contributed by atoms with van der Waals surface area (Å²) < 4.78 is 0. The van der Waals surface area contributed by atoms with Crippen molar-refractivity contribution < 1.29 is 4.79 Å². The molecule has 0 aliphatic rings. The Labute approximate surface area is 110 Å². The summed E-state index contributed by atoms with van der Waals surface area (Å²) in [5.41, 5.74) is 7.59. The first kappa shape index (κ1) is 14.7. The van der Waals surface area contributed by atoms with Crippen molar-refractivity contribution in [1.82, 2.24) is 5.32 Å². The summed E-state index contributed by atoms with van der Waals surface area (Å²) in [7, 11) is 0. The van der Waals surface area contributed by atoms with E-state index in [4.69, 9.17) is 5.73 Å². The van der Waals surface area contributed by atoms with E-state index in [1.807, 2.05) is 24.3 Å². The number of hydrogen-bond acceptors (Lipinski definition) is 2. The Morgan fingerprint density at radius 3 is 2.67 bits per heavy atom. The minimum Gasteiger partial charge on any atom is -0.352 e. The predicted octanol–water partition coefficient (Wildman–Crippen LogP) is 2.35. The number of carbonyl (C=O) groups excluding carboxylic acids is 1. The van der Waals surface area contributed by atoms with Gasteiger partial charge in [-0.25, -0.2) is 0 Å². The molecule has 18 heavy (non-hydrogen) atoms. The molecule has 1 aromatic rings. The standard InChI is InChI=1S/C15H24N2O/c1-15(2,3)8-10-17-14(18)13-6-4-5-12(11-13)7-9-16/h4-6,11H,7-10,16H2,1-3H3,(H,17,18). The quantitative estimate of drug-likeness (QED) is 0.840. The summed E-state index contributed by atoms with van der Waals surface area (Å²) in [6.07, 6.45) is 1.78. The second kappa shape index (κ2) is 6.55. The molecule has 100 valence electrons. The van der Waals surface area contributed by atoms with E-state index < -0.39 is 0 Å². The predicted molar refractivity (Wildman–Crippen MR) is 75.6 cm³/mol. The van der Waals surface area contributed by atoms with E-state index in [2.05, 4.69) is 26.1 Å². The minimum atomic E-state index is -0.00174. The SMILES string of the molecule is CC(C)(C)CCNC(=O)c1cccc(CCN)c1. The van der Waals surface area contributed by atoms with Crippen LogP contribution in [0.2, 0.25) is 0 Å². The summed E-state index contributed by atoms with van der Waals surface area (Å²) in [5, 5.41) is 2.95. The molecule has 0 atom stereocenters. The van der Waals surface area contributed by atoms with Crippen molar-refractivity contribution >= 4 is 5.91 Å². The Bertz CT molecular complexity index is 394. The molecule has 0 unspecified atom stereocenters. The number of rotatable bonds is 5. The van der Waals surface area contributed by atoms with E-state index >= 15 is 0 Å². The Balaban J connectivity index is 2.53. The zero-order chi connectivity index (χ0) is 13.6. The van der Waals surface area contributed by atoms with Gasteiger partial charge >= 0.3 is 0 Å². The van der Waals surface area contributed by atoms with Crippen LogP contribution in [0.5, 0.6) is 0 Å². The number of nitrogens with one attached hydrogen (secondary N) is 1. The van der Waals surface area contributed by atoms with Crippen LogP contribution in [0.4, 0.5) is 0 Å². The van der Waals surface area contributed by atoms with E-state index in [0.29, 0.717) is 13.1 Å². The summed E-state index contributed by atoms with van der Waals surface area (Å²) in [5.74, 6) is -0.00174. The molecule has 1 amide bonds. The third-order valence-electron chi connectivity index (χ3n) is 2.78. The van der Waals surface area contributed by atoms with E-state index in [0.717, 1.165) is 24.0 Å². The lowest BCUT2D eigenvalue weighted by Gasteiger charge is -2.18. The smallest absolute Gasteiger partial charge is 0.251 e. The van der Waals surface area contributed by atoms with Gasteiger partial charge in [0.05, 0.1) is 0 Å². The molecule has 0 heterocycles. The molecule has 0 aromatic heterocycles. The number of nitrogens with two attached hydrogens (primary N) is 1. The Kier molecular flexibility index (Phi) is 5.35. The van der Waals surface area contributed by atoms with Gasteiger partial charge in [0.1, 0.15) is 0 Å².